The normalized spacial score (nSPS) is 10.9. The number of hydrogen-bond donors (Lipinski definition) is 0. The Labute approximate surface area is 118 Å². The smallest absolute Gasteiger partial charge is 0.142 e. The molecule has 0 radical (unpaired) electrons. The van der Waals surface area contributed by atoms with E-state index in [-0.39, 0.29) is 0 Å². The van der Waals surface area contributed by atoms with Gasteiger partial charge in [-0.25, -0.2) is 0 Å². The van der Waals surface area contributed by atoms with Crippen molar-refractivity contribution in [2.45, 2.75) is 32.6 Å². The van der Waals surface area contributed by atoms with E-state index >= 15 is 0 Å². The topological polar surface area (TPSA) is 9.23 Å². The van der Waals surface area contributed by atoms with Crippen molar-refractivity contribution < 1.29 is 4.74 Å². The standard InChI is InChI=1S/C13H17Cl3O/c1-9(2)4-3-5-17-13-10(8-14)6-11(15)7-12(13)16/h6-7,9H,3-5,8H2,1-2H3. The molecule has 0 spiro atoms. The highest BCUT2D eigenvalue weighted by molar-refractivity contribution is 6.35. The quantitative estimate of drug-likeness (QED) is 0.494. The number of halogens is 3. The van der Waals surface area contributed by atoms with Gasteiger partial charge in [0.15, 0.2) is 0 Å². The zero-order chi connectivity index (χ0) is 12.8. The Balaban J connectivity index is 2.63. The maximum atomic E-state index is 6.09. The van der Waals surface area contributed by atoms with Crippen LogP contribution in [-0.4, -0.2) is 6.61 Å². The van der Waals surface area contributed by atoms with E-state index < -0.39 is 0 Å². The van der Waals surface area contributed by atoms with Gasteiger partial charge in [0, 0.05) is 10.6 Å². The molecular formula is C13H17Cl3O. The van der Waals surface area contributed by atoms with Crippen LogP contribution in [0.15, 0.2) is 12.1 Å². The van der Waals surface area contributed by atoms with E-state index in [0.717, 1.165) is 18.4 Å². The number of alkyl halides is 1. The van der Waals surface area contributed by atoms with Gasteiger partial charge in [-0.15, -0.1) is 11.6 Å². The Morgan fingerprint density at radius 2 is 1.94 bits per heavy atom. The van der Waals surface area contributed by atoms with Crippen molar-refractivity contribution in [1.29, 1.82) is 0 Å². The third kappa shape index (κ3) is 4.95. The molecule has 0 fully saturated rings. The van der Waals surface area contributed by atoms with Gasteiger partial charge in [0.05, 0.1) is 17.5 Å². The summed E-state index contributed by atoms with van der Waals surface area (Å²) in [6, 6.07) is 3.47. The Morgan fingerprint density at radius 3 is 2.53 bits per heavy atom. The summed E-state index contributed by atoms with van der Waals surface area (Å²) in [6.45, 7) is 5.04. The predicted octanol–water partition coefficient (Wildman–Crippen LogP) is 5.55. The van der Waals surface area contributed by atoms with Gasteiger partial charge >= 0.3 is 0 Å². The lowest BCUT2D eigenvalue weighted by Crippen LogP contribution is -2.02. The minimum atomic E-state index is 0.347. The molecule has 0 aromatic heterocycles. The summed E-state index contributed by atoms with van der Waals surface area (Å²) in [5, 5.41) is 1.11. The molecule has 96 valence electrons. The van der Waals surface area contributed by atoms with Crippen LogP contribution in [0.2, 0.25) is 10.0 Å². The second-order valence-corrected chi connectivity index (χ2v) is 5.50. The van der Waals surface area contributed by atoms with Crippen LogP contribution in [0.5, 0.6) is 5.75 Å². The molecule has 0 saturated carbocycles. The van der Waals surface area contributed by atoms with Gasteiger partial charge in [0.1, 0.15) is 5.75 Å². The summed E-state index contributed by atoms with van der Waals surface area (Å²) in [6.07, 6.45) is 2.15. The molecule has 17 heavy (non-hydrogen) atoms. The monoisotopic (exact) mass is 294 g/mol. The molecule has 1 nitrogen and oxygen atoms in total. The van der Waals surface area contributed by atoms with Crippen LogP contribution in [-0.2, 0) is 5.88 Å². The molecule has 0 saturated heterocycles. The minimum absolute atomic E-state index is 0.347. The summed E-state index contributed by atoms with van der Waals surface area (Å²) in [5.41, 5.74) is 0.841. The first-order chi connectivity index (χ1) is 8.04. The van der Waals surface area contributed by atoms with Gasteiger partial charge in [-0.3, -0.25) is 0 Å². The fourth-order valence-electron chi connectivity index (χ4n) is 1.54. The first-order valence-electron chi connectivity index (χ1n) is 5.71. The second kappa shape index (κ2) is 7.35. The van der Waals surface area contributed by atoms with Crippen molar-refractivity contribution in [3.63, 3.8) is 0 Å². The average Bonchev–Trinajstić information content (AvgIpc) is 2.25. The van der Waals surface area contributed by atoms with Crippen LogP contribution in [0.4, 0.5) is 0 Å². The fourth-order valence-corrected chi connectivity index (χ4v) is 2.33. The SMILES string of the molecule is CC(C)CCCOc1c(Cl)cc(Cl)cc1CCl. The second-order valence-electron chi connectivity index (χ2n) is 4.39. The molecule has 0 amide bonds. The average molecular weight is 296 g/mol. The lowest BCUT2D eigenvalue weighted by atomic mass is 10.1. The molecule has 4 heteroatoms. The highest BCUT2D eigenvalue weighted by Gasteiger charge is 2.10. The summed E-state index contributed by atoms with van der Waals surface area (Å²) < 4.78 is 5.69. The van der Waals surface area contributed by atoms with Gasteiger partial charge in [0.25, 0.3) is 0 Å². The highest BCUT2D eigenvalue weighted by atomic mass is 35.5. The molecule has 0 unspecified atom stereocenters. The maximum Gasteiger partial charge on any atom is 0.142 e. The number of benzene rings is 1. The predicted molar refractivity (Wildman–Crippen MR) is 75.6 cm³/mol. The lowest BCUT2D eigenvalue weighted by molar-refractivity contribution is 0.296. The van der Waals surface area contributed by atoms with E-state index in [4.69, 9.17) is 39.5 Å². The maximum absolute atomic E-state index is 6.09. The lowest BCUT2D eigenvalue weighted by Gasteiger charge is -2.13. The molecule has 0 atom stereocenters. The molecule has 0 aliphatic heterocycles. The van der Waals surface area contributed by atoms with Crippen LogP contribution in [0.3, 0.4) is 0 Å². The molecule has 1 aromatic rings. The van der Waals surface area contributed by atoms with Gasteiger partial charge in [0.2, 0.25) is 0 Å². The van der Waals surface area contributed by atoms with Gasteiger partial charge in [-0.2, -0.15) is 0 Å². The van der Waals surface area contributed by atoms with E-state index in [1.54, 1.807) is 12.1 Å². The molecule has 0 N–H and O–H groups in total. The van der Waals surface area contributed by atoms with E-state index in [2.05, 4.69) is 13.8 Å². The van der Waals surface area contributed by atoms with E-state index in [9.17, 15) is 0 Å². The summed E-state index contributed by atoms with van der Waals surface area (Å²) in [4.78, 5) is 0. The van der Waals surface area contributed by atoms with Crippen molar-refractivity contribution in [3.8, 4) is 5.75 Å². The fraction of sp³-hybridized carbons (Fsp3) is 0.538. The summed E-state index contributed by atoms with van der Waals surface area (Å²) >= 11 is 17.8. The highest BCUT2D eigenvalue weighted by Crippen LogP contribution is 2.33. The van der Waals surface area contributed by atoms with Crippen molar-refractivity contribution >= 4 is 34.8 Å². The van der Waals surface area contributed by atoms with E-state index in [0.29, 0.717) is 34.2 Å². The van der Waals surface area contributed by atoms with Crippen LogP contribution >= 0.6 is 34.8 Å². The van der Waals surface area contributed by atoms with Crippen molar-refractivity contribution in [3.05, 3.63) is 27.7 Å². The molecule has 0 aliphatic rings. The third-order valence-corrected chi connectivity index (χ3v) is 3.19. The Kier molecular flexibility index (Phi) is 6.47. The first-order valence-corrected chi connectivity index (χ1v) is 7.00. The van der Waals surface area contributed by atoms with Crippen LogP contribution in [0.25, 0.3) is 0 Å². The number of rotatable bonds is 6. The Hall–Kier alpha value is -0.110. The van der Waals surface area contributed by atoms with Crippen LogP contribution in [0.1, 0.15) is 32.3 Å². The Morgan fingerprint density at radius 1 is 1.24 bits per heavy atom. The summed E-state index contributed by atoms with van der Waals surface area (Å²) in [7, 11) is 0. The zero-order valence-electron chi connectivity index (χ0n) is 10.1. The number of ether oxygens (including phenoxy) is 1. The first kappa shape index (κ1) is 14.9. The van der Waals surface area contributed by atoms with Crippen molar-refractivity contribution in [1.82, 2.24) is 0 Å². The molecule has 0 bridgehead atoms. The minimum Gasteiger partial charge on any atom is -0.492 e. The third-order valence-electron chi connectivity index (χ3n) is 2.40. The number of hydrogen-bond acceptors (Lipinski definition) is 1. The molecule has 0 heterocycles. The summed E-state index contributed by atoms with van der Waals surface area (Å²) in [5.74, 6) is 1.70. The molecule has 0 aliphatic carbocycles. The van der Waals surface area contributed by atoms with E-state index in [1.165, 1.54) is 0 Å². The Bertz CT molecular complexity index is 364. The van der Waals surface area contributed by atoms with Gasteiger partial charge < -0.3 is 4.74 Å². The van der Waals surface area contributed by atoms with Crippen LogP contribution in [0, 0.1) is 5.92 Å². The molecule has 1 rings (SSSR count). The zero-order valence-corrected chi connectivity index (χ0v) is 12.4. The van der Waals surface area contributed by atoms with Crippen molar-refractivity contribution in [2.24, 2.45) is 5.92 Å². The van der Waals surface area contributed by atoms with Crippen LogP contribution < -0.4 is 4.74 Å². The largest absolute Gasteiger partial charge is 0.492 e. The van der Waals surface area contributed by atoms with E-state index in [1.807, 2.05) is 0 Å². The van der Waals surface area contributed by atoms with Crippen molar-refractivity contribution in [2.75, 3.05) is 6.61 Å². The molecular weight excluding hydrogens is 279 g/mol. The van der Waals surface area contributed by atoms with Gasteiger partial charge in [-0.1, -0.05) is 37.0 Å². The van der Waals surface area contributed by atoms with Gasteiger partial charge in [-0.05, 0) is 30.9 Å². The molecule has 1 aromatic carbocycles.